The van der Waals surface area contributed by atoms with Gasteiger partial charge in [-0.2, -0.15) is 0 Å². The van der Waals surface area contributed by atoms with Crippen LogP contribution in [0.2, 0.25) is 0 Å². The Morgan fingerprint density at radius 3 is 2.28 bits per heavy atom. The quantitative estimate of drug-likeness (QED) is 0.565. The minimum absolute atomic E-state index is 0.0140. The summed E-state index contributed by atoms with van der Waals surface area (Å²) >= 11 is 0. The third kappa shape index (κ3) is 5.73. The van der Waals surface area contributed by atoms with Crippen molar-refractivity contribution in [3.05, 3.63) is 65.7 Å². The summed E-state index contributed by atoms with van der Waals surface area (Å²) in [7, 11) is -1.29. The average Bonchev–Trinajstić information content (AvgIpc) is 2.83. The highest BCUT2D eigenvalue weighted by Crippen LogP contribution is 2.18. The molecule has 1 saturated heterocycles. The van der Waals surface area contributed by atoms with Gasteiger partial charge in [-0.05, 0) is 36.6 Å². The molecular formula is C23H29N3O5S. The molecule has 1 fully saturated rings. The number of hydrogen-bond donors (Lipinski definition) is 0. The number of carbonyl (C=O) groups excluding carboxylic acids is 2. The molecule has 0 aliphatic carbocycles. The van der Waals surface area contributed by atoms with Gasteiger partial charge in [-0.25, -0.2) is 8.42 Å². The van der Waals surface area contributed by atoms with Crippen molar-refractivity contribution in [1.29, 1.82) is 0 Å². The lowest BCUT2D eigenvalue weighted by molar-refractivity contribution is -0.132. The van der Waals surface area contributed by atoms with E-state index in [2.05, 4.69) is 12.1 Å². The SMILES string of the molecule is CON(C)S(=O)(=O)c1cccc(C(=O)N2CCN(C(=O)CCCc3ccccc3)CC2)c1. The number of hydroxylamine groups is 1. The van der Waals surface area contributed by atoms with Gasteiger partial charge in [-0.3, -0.25) is 14.4 Å². The number of nitrogens with zero attached hydrogens (tertiary/aromatic N) is 3. The van der Waals surface area contributed by atoms with Crippen molar-refractivity contribution in [2.75, 3.05) is 40.3 Å². The molecule has 0 atom stereocenters. The highest BCUT2D eigenvalue weighted by atomic mass is 32.2. The maximum absolute atomic E-state index is 12.9. The minimum atomic E-state index is -3.84. The van der Waals surface area contributed by atoms with Gasteiger partial charge in [0.15, 0.2) is 0 Å². The van der Waals surface area contributed by atoms with Crippen molar-refractivity contribution in [2.45, 2.75) is 24.2 Å². The van der Waals surface area contributed by atoms with Crippen LogP contribution in [0.3, 0.4) is 0 Å². The zero-order valence-electron chi connectivity index (χ0n) is 18.4. The van der Waals surface area contributed by atoms with Crippen molar-refractivity contribution in [2.24, 2.45) is 0 Å². The van der Waals surface area contributed by atoms with Crippen LogP contribution in [-0.2, 0) is 26.1 Å². The first-order valence-electron chi connectivity index (χ1n) is 10.6. The van der Waals surface area contributed by atoms with E-state index in [1.807, 2.05) is 18.2 Å². The highest BCUT2D eigenvalue weighted by molar-refractivity contribution is 7.89. The molecule has 0 aromatic heterocycles. The van der Waals surface area contributed by atoms with E-state index >= 15 is 0 Å². The van der Waals surface area contributed by atoms with Gasteiger partial charge in [0, 0.05) is 45.2 Å². The summed E-state index contributed by atoms with van der Waals surface area (Å²) < 4.78 is 25.6. The smallest absolute Gasteiger partial charge is 0.264 e. The average molecular weight is 460 g/mol. The van der Waals surface area contributed by atoms with Crippen LogP contribution in [0.25, 0.3) is 0 Å². The van der Waals surface area contributed by atoms with Crippen LogP contribution in [0.5, 0.6) is 0 Å². The van der Waals surface area contributed by atoms with Crippen molar-refractivity contribution in [3.63, 3.8) is 0 Å². The third-order valence-corrected chi connectivity index (χ3v) is 7.27. The molecule has 3 rings (SSSR count). The summed E-state index contributed by atoms with van der Waals surface area (Å²) in [4.78, 5) is 33.6. The largest absolute Gasteiger partial charge is 0.339 e. The fourth-order valence-electron chi connectivity index (χ4n) is 3.62. The van der Waals surface area contributed by atoms with Gasteiger partial charge in [-0.15, -0.1) is 0 Å². The summed E-state index contributed by atoms with van der Waals surface area (Å²) in [5.41, 5.74) is 1.51. The molecule has 0 radical (unpaired) electrons. The van der Waals surface area contributed by atoms with Crippen LogP contribution >= 0.6 is 0 Å². The fraction of sp³-hybridized carbons (Fsp3) is 0.391. The second kappa shape index (κ2) is 10.7. The van der Waals surface area contributed by atoms with Crippen LogP contribution < -0.4 is 0 Å². The lowest BCUT2D eigenvalue weighted by Gasteiger charge is -2.35. The molecule has 1 aliphatic rings. The predicted octanol–water partition coefficient (Wildman–Crippen LogP) is 2.18. The fourth-order valence-corrected chi connectivity index (χ4v) is 4.64. The number of amides is 2. The van der Waals surface area contributed by atoms with Crippen molar-refractivity contribution < 1.29 is 22.8 Å². The number of aryl methyl sites for hydroxylation is 1. The molecule has 0 N–H and O–H groups in total. The number of sulfonamides is 1. The number of carbonyl (C=O) groups is 2. The van der Waals surface area contributed by atoms with Crippen molar-refractivity contribution in [1.82, 2.24) is 14.3 Å². The Bertz CT molecular complexity index is 1030. The van der Waals surface area contributed by atoms with Gasteiger partial charge in [0.1, 0.15) is 0 Å². The number of piperazine rings is 1. The molecular weight excluding hydrogens is 430 g/mol. The van der Waals surface area contributed by atoms with Gasteiger partial charge in [-0.1, -0.05) is 40.9 Å². The van der Waals surface area contributed by atoms with Crippen LogP contribution in [0, 0.1) is 0 Å². The van der Waals surface area contributed by atoms with Crippen LogP contribution in [0.1, 0.15) is 28.8 Å². The Morgan fingerprint density at radius 1 is 0.969 bits per heavy atom. The predicted molar refractivity (Wildman–Crippen MR) is 120 cm³/mol. The standard InChI is InChI=1S/C23H29N3O5S/c1-24(31-2)32(29,30)21-12-7-11-20(18-21)23(28)26-16-14-25(15-17-26)22(27)13-6-10-19-8-4-3-5-9-19/h3-5,7-9,11-12,18H,6,10,13-17H2,1-2H3. The second-order valence-corrected chi connectivity index (χ2v) is 9.57. The zero-order chi connectivity index (χ0) is 23.1. The molecule has 32 heavy (non-hydrogen) atoms. The van der Waals surface area contributed by atoms with Gasteiger partial charge >= 0.3 is 0 Å². The number of hydrogen-bond acceptors (Lipinski definition) is 5. The summed E-state index contributed by atoms with van der Waals surface area (Å²) in [5.74, 6) is -0.151. The van der Waals surface area contributed by atoms with E-state index in [-0.39, 0.29) is 16.7 Å². The van der Waals surface area contributed by atoms with Gasteiger partial charge in [0.05, 0.1) is 12.0 Å². The van der Waals surface area contributed by atoms with E-state index in [0.29, 0.717) is 38.2 Å². The summed E-state index contributed by atoms with van der Waals surface area (Å²) in [6.45, 7) is 1.77. The lowest BCUT2D eigenvalue weighted by Crippen LogP contribution is -2.50. The zero-order valence-corrected chi connectivity index (χ0v) is 19.3. The molecule has 0 unspecified atom stereocenters. The van der Waals surface area contributed by atoms with E-state index in [0.717, 1.165) is 17.3 Å². The molecule has 2 aromatic carbocycles. The van der Waals surface area contributed by atoms with Gasteiger partial charge in [0.25, 0.3) is 15.9 Å². The Balaban J connectivity index is 1.53. The first-order valence-corrected chi connectivity index (χ1v) is 12.0. The van der Waals surface area contributed by atoms with Crippen LogP contribution in [0.15, 0.2) is 59.5 Å². The number of benzene rings is 2. The van der Waals surface area contributed by atoms with E-state index in [1.165, 1.54) is 37.9 Å². The van der Waals surface area contributed by atoms with E-state index in [9.17, 15) is 18.0 Å². The molecule has 0 saturated carbocycles. The summed E-state index contributed by atoms with van der Waals surface area (Å²) in [6, 6.07) is 16.0. The summed E-state index contributed by atoms with van der Waals surface area (Å²) in [5, 5.41) is 0. The van der Waals surface area contributed by atoms with Crippen LogP contribution in [-0.4, -0.2) is 74.8 Å². The second-order valence-electron chi connectivity index (χ2n) is 7.64. The highest BCUT2D eigenvalue weighted by Gasteiger charge is 2.26. The Morgan fingerprint density at radius 2 is 1.62 bits per heavy atom. The topological polar surface area (TPSA) is 87.2 Å². The third-order valence-electron chi connectivity index (χ3n) is 5.59. The Hall–Kier alpha value is -2.75. The Labute approximate surface area is 189 Å². The Kier molecular flexibility index (Phi) is 8.00. The van der Waals surface area contributed by atoms with E-state index < -0.39 is 10.0 Å². The lowest BCUT2D eigenvalue weighted by atomic mass is 10.1. The van der Waals surface area contributed by atoms with Gasteiger partial charge < -0.3 is 9.80 Å². The molecule has 172 valence electrons. The monoisotopic (exact) mass is 459 g/mol. The molecule has 9 heteroatoms. The normalized spacial score (nSPS) is 14.6. The van der Waals surface area contributed by atoms with Crippen molar-refractivity contribution in [3.8, 4) is 0 Å². The molecule has 2 aromatic rings. The molecule has 1 aliphatic heterocycles. The van der Waals surface area contributed by atoms with E-state index in [4.69, 9.17) is 4.84 Å². The van der Waals surface area contributed by atoms with Crippen molar-refractivity contribution >= 4 is 21.8 Å². The molecule has 2 amide bonds. The van der Waals surface area contributed by atoms with E-state index in [1.54, 1.807) is 15.9 Å². The van der Waals surface area contributed by atoms with Crippen LogP contribution in [0.4, 0.5) is 0 Å². The number of rotatable bonds is 8. The first-order chi connectivity index (χ1) is 15.3. The first kappa shape index (κ1) is 23.9. The molecule has 0 bridgehead atoms. The minimum Gasteiger partial charge on any atom is -0.339 e. The van der Waals surface area contributed by atoms with Gasteiger partial charge in [0.2, 0.25) is 5.91 Å². The maximum atomic E-state index is 12.9. The molecule has 8 nitrogen and oxygen atoms in total. The molecule has 1 heterocycles. The maximum Gasteiger partial charge on any atom is 0.264 e. The molecule has 0 spiro atoms. The summed E-state index contributed by atoms with van der Waals surface area (Å²) in [6.07, 6.45) is 2.14.